The zero-order valence-corrected chi connectivity index (χ0v) is 15.1. The summed E-state index contributed by atoms with van der Waals surface area (Å²) < 4.78 is 5.26. The fraction of sp³-hybridized carbons (Fsp3) is 0.474. The number of benzene rings is 1. The molecule has 0 unspecified atom stereocenters. The van der Waals surface area contributed by atoms with E-state index in [-0.39, 0.29) is 5.91 Å². The van der Waals surface area contributed by atoms with Crippen LogP contribution in [0.2, 0.25) is 0 Å². The van der Waals surface area contributed by atoms with Crippen LogP contribution in [0.25, 0.3) is 10.6 Å². The zero-order valence-electron chi connectivity index (χ0n) is 14.3. The van der Waals surface area contributed by atoms with Crippen molar-refractivity contribution in [2.75, 3.05) is 20.2 Å². The molecule has 1 aromatic heterocycles. The van der Waals surface area contributed by atoms with Gasteiger partial charge in [-0.05, 0) is 37.3 Å². The lowest BCUT2D eigenvalue weighted by molar-refractivity contribution is -0.132. The predicted molar refractivity (Wildman–Crippen MR) is 97.4 cm³/mol. The van der Waals surface area contributed by atoms with E-state index < -0.39 is 0 Å². The van der Waals surface area contributed by atoms with Crippen LogP contribution in [0.3, 0.4) is 0 Å². The van der Waals surface area contributed by atoms with Crippen LogP contribution in [-0.2, 0) is 11.2 Å². The van der Waals surface area contributed by atoms with E-state index in [4.69, 9.17) is 4.74 Å². The Bertz CT molecular complexity index is 690. The molecule has 0 radical (unpaired) electrons. The van der Waals surface area contributed by atoms with E-state index >= 15 is 0 Å². The Hall–Kier alpha value is -1.88. The molecule has 1 fully saturated rings. The summed E-state index contributed by atoms with van der Waals surface area (Å²) in [5, 5.41) is 3.03. The number of aromatic nitrogens is 1. The normalized spacial score (nSPS) is 15.5. The molecule has 0 bridgehead atoms. The summed E-state index contributed by atoms with van der Waals surface area (Å²) in [7, 11) is 1.67. The van der Waals surface area contributed by atoms with Gasteiger partial charge in [-0.15, -0.1) is 11.3 Å². The van der Waals surface area contributed by atoms with Gasteiger partial charge < -0.3 is 9.64 Å². The number of methoxy groups -OCH3 is 1. The molecule has 5 heteroatoms. The summed E-state index contributed by atoms with van der Waals surface area (Å²) in [6.45, 7) is 4.08. The largest absolute Gasteiger partial charge is 0.497 e. The van der Waals surface area contributed by atoms with Crippen molar-refractivity contribution in [2.24, 2.45) is 5.92 Å². The summed E-state index contributed by atoms with van der Waals surface area (Å²) in [5.74, 6) is 1.84. The number of ether oxygens (including phenoxy) is 1. The summed E-state index contributed by atoms with van der Waals surface area (Å²) in [5.41, 5.74) is 2.05. The highest BCUT2D eigenvalue weighted by Crippen LogP contribution is 2.27. The molecule has 0 N–H and O–H groups in total. The van der Waals surface area contributed by atoms with Gasteiger partial charge in [0, 0.05) is 30.5 Å². The van der Waals surface area contributed by atoms with E-state index in [1.165, 1.54) is 0 Å². The van der Waals surface area contributed by atoms with Crippen molar-refractivity contribution in [3.63, 3.8) is 0 Å². The van der Waals surface area contributed by atoms with Crippen LogP contribution < -0.4 is 4.74 Å². The van der Waals surface area contributed by atoms with E-state index in [0.29, 0.717) is 12.8 Å². The van der Waals surface area contributed by atoms with Crippen LogP contribution in [0.15, 0.2) is 29.6 Å². The first-order chi connectivity index (χ1) is 11.7. The Labute approximate surface area is 147 Å². The number of hydrogen-bond acceptors (Lipinski definition) is 4. The fourth-order valence-corrected chi connectivity index (χ4v) is 3.81. The Balaban J connectivity index is 1.57. The third kappa shape index (κ3) is 4.15. The number of amides is 1. The Morgan fingerprint density at radius 3 is 2.92 bits per heavy atom. The van der Waals surface area contributed by atoms with Crippen LogP contribution >= 0.6 is 11.3 Å². The van der Waals surface area contributed by atoms with E-state index in [1.807, 2.05) is 29.2 Å². The number of carbonyl (C=O) groups is 1. The molecule has 1 aromatic carbocycles. The minimum Gasteiger partial charge on any atom is -0.497 e. The van der Waals surface area contributed by atoms with Gasteiger partial charge in [-0.25, -0.2) is 4.98 Å². The molecule has 24 heavy (non-hydrogen) atoms. The number of thiazole rings is 1. The average molecular weight is 344 g/mol. The van der Waals surface area contributed by atoms with Gasteiger partial charge in [-0.1, -0.05) is 19.1 Å². The molecule has 1 amide bonds. The highest BCUT2D eigenvalue weighted by Gasteiger charge is 2.20. The molecule has 4 nitrogen and oxygen atoms in total. The van der Waals surface area contributed by atoms with Gasteiger partial charge in [-0.3, -0.25) is 4.79 Å². The highest BCUT2D eigenvalue weighted by atomic mass is 32.1. The summed E-state index contributed by atoms with van der Waals surface area (Å²) in [6.07, 6.45) is 3.52. The van der Waals surface area contributed by atoms with Crippen molar-refractivity contribution in [3.8, 4) is 16.3 Å². The SMILES string of the molecule is COc1cccc(-c2nc(CCC(=O)N3CCC(C)CC3)cs2)c1. The van der Waals surface area contributed by atoms with E-state index in [0.717, 1.165) is 53.9 Å². The van der Waals surface area contributed by atoms with Crippen LogP contribution in [0.5, 0.6) is 5.75 Å². The van der Waals surface area contributed by atoms with E-state index in [1.54, 1.807) is 18.4 Å². The molecular weight excluding hydrogens is 320 g/mol. The monoisotopic (exact) mass is 344 g/mol. The molecule has 3 rings (SSSR count). The smallest absolute Gasteiger partial charge is 0.222 e. The van der Waals surface area contributed by atoms with Crippen LogP contribution in [-0.4, -0.2) is 36.0 Å². The number of rotatable bonds is 5. The van der Waals surface area contributed by atoms with Gasteiger partial charge in [0.15, 0.2) is 0 Å². The van der Waals surface area contributed by atoms with Crippen LogP contribution in [0.4, 0.5) is 0 Å². The predicted octanol–water partition coefficient (Wildman–Crippen LogP) is 4.01. The summed E-state index contributed by atoms with van der Waals surface area (Å²) in [4.78, 5) is 19.0. The molecule has 128 valence electrons. The molecular formula is C19H24N2O2S. The van der Waals surface area contributed by atoms with Crippen molar-refractivity contribution in [2.45, 2.75) is 32.6 Å². The molecule has 2 heterocycles. The highest BCUT2D eigenvalue weighted by molar-refractivity contribution is 7.13. The maximum atomic E-state index is 12.3. The van der Waals surface area contributed by atoms with Crippen molar-refractivity contribution in [1.82, 2.24) is 9.88 Å². The second-order valence-corrected chi connectivity index (χ2v) is 7.30. The fourth-order valence-electron chi connectivity index (χ4n) is 2.96. The molecule has 0 saturated carbocycles. The molecule has 1 aliphatic rings. The third-order valence-electron chi connectivity index (χ3n) is 4.60. The van der Waals surface area contributed by atoms with E-state index in [2.05, 4.69) is 17.3 Å². The number of nitrogens with zero attached hydrogens (tertiary/aromatic N) is 2. The summed E-state index contributed by atoms with van der Waals surface area (Å²) in [6, 6.07) is 7.92. The van der Waals surface area contributed by atoms with Gasteiger partial charge in [0.2, 0.25) is 5.91 Å². The second-order valence-electron chi connectivity index (χ2n) is 6.44. The zero-order chi connectivity index (χ0) is 16.9. The lowest BCUT2D eigenvalue weighted by Crippen LogP contribution is -2.38. The first-order valence-corrected chi connectivity index (χ1v) is 9.40. The molecule has 1 saturated heterocycles. The van der Waals surface area contributed by atoms with Crippen molar-refractivity contribution < 1.29 is 9.53 Å². The number of aryl methyl sites for hydroxylation is 1. The molecule has 2 aromatic rings. The standard InChI is InChI=1S/C19H24N2O2S/c1-14-8-10-21(11-9-14)18(22)7-6-16-13-24-19(20-16)15-4-3-5-17(12-15)23-2/h3-5,12-14H,6-11H2,1-2H3. The maximum Gasteiger partial charge on any atom is 0.222 e. The molecule has 0 aliphatic carbocycles. The topological polar surface area (TPSA) is 42.4 Å². The quantitative estimate of drug-likeness (QED) is 0.823. The molecule has 1 aliphatic heterocycles. The third-order valence-corrected chi connectivity index (χ3v) is 5.54. The number of hydrogen-bond donors (Lipinski definition) is 0. The van der Waals surface area contributed by atoms with Crippen molar-refractivity contribution in [1.29, 1.82) is 0 Å². The van der Waals surface area contributed by atoms with Gasteiger partial charge in [0.05, 0.1) is 12.8 Å². The molecule has 0 spiro atoms. The van der Waals surface area contributed by atoms with Crippen LogP contribution in [0, 0.1) is 5.92 Å². The number of carbonyl (C=O) groups excluding carboxylic acids is 1. The Morgan fingerprint density at radius 1 is 1.38 bits per heavy atom. The lowest BCUT2D eigenvalue weighted by atomic mass is 9.99. The number of likely N-dealkylation sites (tertiary alicyclic amines) is 1. The maximum absolute atomic E-state index is 12.3. The van der Waals surface area contributed by atoms with Gasteiger partial charge in [0.25, 0.3) is 0 Å². The number of piperidine rings is 1. The van der Waals surface area contributed by atoms with Crippen LogP contribution in [0.1, 0.15) is 31.9 Å². The first kappa shape index (κ1) is 17.0. The van der Waals surface area contributed by atoms with Crippen molar-refractivity contribution in [3.05, 3.63) is 35.3 Å². The minimum atomic E-state index is 0.262. The van der Waals surface area contributed by atoms with Gasteiger partial charge >= 0.3 is 0 Å². The Kier molecular flexibility index (Phi) is 5.51. The van der Waals surface area contributed by atoms with E-state index in [9.17, 15) is 4.79 Å². The van der Waals surface area contributed by atoms with Crippen molar-refractivity contribution >= 4 is 17.2 Å². The van der Waals surface area contributed by atoms with Gasteiger partial charge in [-0.2, -0.15) is 0 Å². The Morgan fingerprint density at radius 2 is 2.17 bits per heavy atom. The van der Waals surface area contributed by atoms with Gasteiger partial charge in [0.1, 0.15) is 10.8 Å². The lowest BCUT2D eigenvalue weighted by Gasteiger charge is -2.30. The average Bonchev–Trinajstić information content (AvgIpc) is 3.09. The summed E-state index contributed by atoms with van der Waals surface area (Å²) >= 11 is 1.62. The minimum absolute atomic E-state index is 0.262. The first-order valence-electron chi connectivity index (χ1n) is 8.52. The molecule has 0 atom stereocenters. The second kappa shape index (κ2) is 7.79.